The molecule has 0 saturated carbocycles. The Kier molecular flexibility index (Phi) is 6.00. The molecule has 0 N–H and O–H groups in total. The van der Waals surface area contributed by atoms with Gasteiger partial charge in [-0.3, -0.25) is 4.79 Å². The Balaban J connectivity index is 1.74. The number of para-hydroxylation sites is 1. The molecule has 1 aromatic heterocycles. The van der Waals surface area contributed by atoms with Crippen LogP contribution in [0.3, 0.4) is 0 Å². The number of amides is 1. The third-order valence-electron chi connectivity index (χ3n) is 4.44. The number of unbranched alkanes of at least 4 members (excludes halogenated alkanes) is 2. The molecule has 0 atom stereocenters. The fraction of sp³-hybridized carbons (Fsp3) is 0.333. The lowest BCUT2D eigenvalue weighted by atomic mass is 10.1. The molecule has 26 heavy (non-hydrogen) atoms. The molecular weight excluding hydrogens is 331 g/mol. The SMILES string of the molecule is CCCCCN(Cc1ccc(F)cc1)C(=O)Cc1noc2ccccc12. The Hall–Kier alpha value is -2.69. The van der Waals surface area contributed by atoms with Gasteiger partial charge in [-0.05, 0) is 36.2 Å². The lowest BCUT2D eigenvalue weighted by Crippen LogP contribution is -2.33. The first kappa shape index (κ1) is 18.1. The summed E-state index contributed by atoms with van der Waals surface area (Å²) in [7, 11) is 0. The van der Waals surface area contributed by atoms with Gasteiger partial charge in [0.05, 0.1) is 6.42 Å². The number of hydrogen-bond donors (Lipinski definition) is 0. The van der Waals surface area contributed by atoms with Crippen LogP contribution in [0.1, 0.15) is 37.4 Å². The molecule has 0 fully saturated rings. The van der Waals surface area contributed by atoms with Gasteiger partial charge in [-0.25, -0.2) is 4.39 Å². The van der Waals surface area contributed by atoms with Crippen LogP contribution in [0.4, 0.5) is 4.39 Å². The lowest BCUT2D eigenvalue weighted by molar-refractivity contribution is -0.131. The van der Waals surface area contributed by atoms with Gasteiger partial charge in [0.15, 0.2) is 5.58 Å². The maximum absolute atomic E-state index is 13.1. The second-order valence-corrected chi connectivity index (χ2v) is 6.45. The topological polar surface area (TPSA) is 46.3 Å². The summed E-state index contributed by atoms with van der Waals surface area (Å²) < 4.78 is 18.4. The van der Waals surface area contributed by atoms with Crippen LogP contribution in [-0.4, -0.2) is 22.5 Å². The van der Waals surface area contributed by atoms with Crippen molar-refractivity contribution < 1.29 is 13.7 Å². The minimum Gasteiger partial charge on any atom is -0.356 e. The van der Waals surface area contributed by atoms with Gasteiger partial charge in [0.1, 0.15) is 11.5 Å². The Labute approximate surface area is 152 Å². The Morgan fingerprint density at radius 1 is 1.12 bits per heavy atom. The molecule has 136 valence electrons. The zero-order chi connectivity index (χ0) is 18.4. The van der Waals surface area contributed by atoms with Gasteiger partial charge in [0, 0.05) is 18.5 Å². The molecule has 3 rings (SSSR count). The second-order valence-electron chi connectivity index (χ2n) is 6.45. The molecule has 0 saturated heterocycles. The van der Waals surface area contributed by atoms with E-state index in [2.05, 4.69) is 12.1 Å². The molecule has 3 aromatic rings. The number of rotatable bonds is 8. The minimum atomic E-state index is -0.272. The molecule has 5 heteroatoms. The largest absolute Gasteiger partial charge is 0.356 e. The van der Waals surface area contributed by atoms with Crippen molar-refractivity contribution >= 4 is 16.9 Å². The van der Waals surface area contributed by atoms with E-state index in [-0.39, 0.29) is 18.1 Å². The van der Waals surface area contributed by atoms with Crippen molar-refractivity contribution in [3.63, 3.8) is 0 Å². The number of nitrogens with zero attached hydrogens (tertiary/aromatic N) is 2. The molecule has 1 heterocycles. The summed E-state index contributed by atoms with van der Waals surface area (Å²) in [6, 6.07) is 13.8. The molecule has 0 aliphatic carbocycles. The van der Waals surface area contributed by atoms with E-state index in [1.54, 1.807) is 12.1 Å². The smallest absolute Gasteiger partial charge is 0.229 e. The molecule has 0 spiro atoms. The van der Waals surface area contributed by atoms with E-state index in [1.165, 1.54) is 12.1 Å². The summed E-state index contributed by atoms with van der Waals surface area (Å²) in [6.45, 7) is 3.28. The first-order chi connectivity index (χ1) is 12.7. The third-order valence-corrected chi connectivity index (χ3v) is 4.44. The van der Waals surface area contributed by atoms with E-state index in [4.69, 9.17) is 4.52 Å². The minimum absolute atomic E-state index is 0.00415. The standard InChI is InChI=1S/C21H23FN2O2/c1-2-3-6-13-24(15-16-9-11-17(22)12-10-16)21(25)14-19-18-7-4-5-8-20(18)26-23-19/h4-5,7-12H,2-3,6,13-15H2,1H3. The summed E-state index contributed by atoms with van der Waals surface area (Å²) in [5.41, 5.74) is 2.26. The Morgan fingerprint density at radius 3 is 2.65 bits per heavy atom. The van der Waals surface area contributed by atoms with Crippen LogP contribution in [-0.2, 0) is 17.8 Å². The first-order valence-electron chi connectivity index (χ1n) is 9.03. The average Bonchev–Trinajstić information content (AvgIpc) is 3.06. The average molecular weight is 354 g/mol. The van der Waals surface area contributed by atoms with E-state index >= 15 is 0 Å². The second kappa shape index (κ2) is 8.61. The highest BCUT2D eigenvalue weighted by molar-refractivity contribution is 5.86. The van der Waals surface area contributed by atoms with Crippen LogP contribution in [0.2, 0.25) is 0 Å². The zero-order valence-electron chi connectivity index (χ0n) is 15.0. The van der Waals surface area contributed by atoms with Crippen LogP contribution < -0.4 is 0 Å². The molecule has 1 amide bonds. The molecule has 0 aliphatic rings. The van der Waals surface area contributed by atoms with Gasteiger partial charge in [-0.2, -0.15) is 0 Å². The summed E-state index contributed by atoms with van der Waals surface area (Å²) in [5, 5.41) is 4.93. The van der Waals surface area contributed by atoms with Crippen molar-refractivity contribution in [1.29, 1.82) is 0 Å². The van der Waals surface area contributed by atoms with Gasteiger partial charge in [0.2, 0.25) is 5.91 Å². The highest BCUT2D eigenvalue weighted by Gasteiger charge is 2.18. The maximum Gasteiger partial charge on any atom is 0.229 e. The number of fused-ring (bicyclic) bond motifs is 1. The summed E-state index contributed by atoms with van der Waals surface area (Å²) in [6.07, 6.45) is 3.31. The van der Waals surface area contributed by atoms with Crippen LogP contribution in [0, 0.1) is 5.82 Å². The fourth-order valence-electron chi connectivity index (χ4n) is 2.98. The number of benzene rings is 2. The number of aromatic nitrogens is 1. The lowest BCUT2D eigenvalue weighted by Gasteiger charge is -2.22. The third kappa shape index (κ3) is 4.48. The van der Waals surface area contributed by atoms with Gasteiger partial charge in [-0.1, -0.05) is 49.2 Å². The zero-order valence-corrected chi connectivity index (χ0v) is 15.0. The predicted molar refractivity (Wildman–Crippen MR) is 99.1 cm³/mol. The van der Waals surface area contributed by atoms with Gasteiger partial charge in [0.25, 0.3) is 0 Å². The van der Waals surface area contributed by atoms with E-state index < -0.39 is 0 Å². The highest BCUT2D eigenvalue weighted by Crippen LogP contribution is 2.19. The monoisotopic (exact) mass is 354 g/mol. The first-order valence-corrected chi connectivity index (χ1v) is 9.03. The number of halogens is 1. The summed E-state index contributed by atoms with van der Waals surface area (Å²) in [5.74, 6) is -0.267. The molecule has 4 nitrogen and oxygen atoms in total. The van der Waals surface area contributed by atoms with Gasteiger partial charge >= 0.3 is 0 Å². The van der Waals surface area contributed by atoms with Crippen LogP contribution >= 0.6 is 0 Å². The number of carbonyl (C=O) groups is 1. The van der Waals surface area contributed by atoms with Crippen LogP contribution in [0.5, 0.6) is 0 Å². The normalized spacial score (nSPS) is 11.0. The van der Waals surface area contributed by atoms with Gasteiger partial charge in [-0.15, -0.1) is 0 Å². The summed E-state index contributed by atoms with van der Waals surface area (Å²) in [4.78, 5) is 14.7. The van der Waals surface area contributed by atoms with Gasteiger partial charge < -0.3 is 9.42 Å². The van der Waals surface area contributed by atoms with E-state index in [9.17, 15) is 9.18 Å². The Bertz CT molecular complexity index is 858. The van der Waals surface area contributed by atoms with Crippen molar-refractivity contribution in [3.8, 4) is 0 Å². The summed E-state index contributed by atoms with van der Waals surface area (Å²) >= 11 is 0. The van der Waals surface area contributed by atoms with Crippen molar-refractivity contribution in [2.45, 2.75) is 39.2 Å². The van der Waals surface area contributed by atoms with E-state index in [1.807, 2.05) is 29.2 Å². The molecule has 0 bridgehead atoms. The quantitative estimate of drug-likeness (QED) is 0.550. The van der Waals surface area contributed by atoms with Crippen molar-refractivity contribution in [3.05, 3.63) is 65.6 Å². The van der Waals surface area contributed by atoms with Crippen molar-refractivity contribution in [2.24, 2.45) is 0 Å². The van der Waals surface area contributed by atoms with Crippen LogP contribution in [0.15, 0.2) is 53.1 Å². The highest BCUT2D eigenvalue weighted by atomic mass is 19.1. The number of hydrogen-bond acceptors (Lipinski definition) is 3. The van der Waals surface area contributed by atoms with E-state index in [0.29, 0.717) is 24.4 Å². The molecular formula is C21H23FN2O2. The molecule has 2 aromatic carbocycles. The Morgan fingerprint density at radius 2 is 1.88 bits per heavy atom. The van der Waals surface area contributed by atoms with Crippen LogP contribution in [0.25, 0.3) is 11.0 Å². The van der Waals surface area contributed by atoms with E-state index in [0.717, 1.165) is 30.2 Å². The number of carbonyl (C=O) groups excluding carboxylic acids is 1. The predicted octanol–water partition coefficient (Wildman–Crippen LogP) is 4.73. The molecule has 0 radical (unpaired) electrons. The molecule has 0 aliphatic heterocycles. The van der Waals surface area contributed by atoms with Crippen molar-refractivity contribution in [1.82, 2.24) is 10.1 Å². The van der Waals surface area contributed by atoms with Crippen molar-refractivity contribution in [2.75, 3.05) is 6.54 Å². The fourth-order valence-corrected chi connectivity index (χ4v) is 2.98. The molecule has 0 unspecified atom stereocenters. The maximum atomic E-state index is 13.1.